The summed E-state index contributed by atoms with van der Waals surface area (Å²) >= 11 is 0. The van der Waals surface area contributed by atoms with Crippen molar-refractivity contribution in [2.75, 3.05) is 45.9 Å². The molecular weight excluding hydrogens is 320 g/mol. The molecule has 7 heteroatoms. The Balaban J connectivity index is 1.52. The molecule has 2 fully saturated rings. The molecule has 1 amide bonds. The van der Waals surface area contributed by atoms with Gasteiger partial charge in [0.05, 0.1) is 30.8 Å². The Morgan fingerprint density at radius 1 is 1.28 bits per heavy atom. The predicted octanol–water partition coefficient (Wildman–Crippen LogP) is 0.862. The summed E-state index contributed by atoms with van der Waals surface area (Å²) in [5.74, 6) is 0.119. The van der Waals surface area contributed by atoms with Gasteiger partial charge in [0.2, 0.25) is 0 Å². The molecule has 2 aliphatic heterocycles. The zero-order valence-corrected chi connectivity index (χ0v) is 14.3. The molecule has 1 unspecified atom stereocenters. The van der Waals surface area contributed by atoms with E-state index < -0.39 is 5.60 Å². The Labute approximate surface area is 146 Å². The number of aliphatic hydroxyl groups is 1. The second-order valence-electron chi connectivity index (χ2n) is 7.09. The number of rotatable bonds is 3. The fourth-order valence-corrected chi connectivity index (χ4v) is 3.75. The van der Waals surface area contributed by atoms with Gasteiger partial charge >= 0.3 is 0 Å². The number of para-hydroxylation sites is 2. The number of nitrogens with zero attached hydrogens (tertiary/aromatic N) is 3. The lowest BCUT2D eigenvalue weighted by Gasteiger charge is -2.33. The number of carbonyl (C=O) groups is 1. The molecule has 0 radical (unpaired) electrons. The average molecular weight is 344 g/mol. The molecule has 134 valence electrons. The summed E-state index contributed by atoms with van der Waals surface area (Å²) in [4.78, 5) is 24.3. The second-order valence-corrected chi connectivity index (χ2v) is 7.09. The molecular formula is C18H24N4O3. The number of likely N-dealkylation sites (tertiary alicyclic amines) is 1. The number of amides is 1. The average Bonchev–Trinajstić information content (AvgIpc) is 3.21. The third kappa shape index (κ3) is 3.53. The second kappa shape index (κ2) is 6.74. The topological polar surface area (TPSA) is 81.7 Å². The molecule has 3 heterocycles. The lowest BCUT2D eigenvalue weighted by molar-refractivity contribution is -0.0525. The highest BCUT2D eigenvalue weighted by atomic mass is 16.5. The van der Waals surface area contributed by atoms with Crippen LogP contribution in [-0.2, 0) is 4.74 Å². The van der Waals surface area contributed by atoms with Crippen LogP contribution in [-0.4, -0.2) is 82.3 Å². The SMILES string of the molecule is O=C(c1nc2ccccc2[nH]1)N1CCOCC(O)(CN2CCCC2)C1. The van der Waals surface area contributed by atoms with Gasteiger partial charge in [-0.15, -0.1) is 0 Å². The quantitative estimate of drug-likeness (QED) is 0.863. The number of β-amino-alcohol motifs (C(OH)–C–C–N with tert-alkyl or cyclic N) is 1. The van der Waals surface area contributed by atoms with E-state index in [9.17, 15) is 9.90 Å². The molecule has 1 aromatic heterocycles. The van der Waals surface area contributed by atoms with Crippen molar-refractivity contribution in [2.24, 2.45) is 0 Å². The van der Waals surface area contributed by atoms with Crippen LogP contribution in [0.3, 0.4) is 0 Å². The number of hydrogen-bond donors (Lipinski definition) is 2. The summed E-state index contributed by atoms with van der Waals surface area (Å²) < 4.78 is 5.59. The van der Waals surface area contributed by atoms with Crippen LogP contribution in [0.15, 0.2) is 24.3 Å². The zero-order valence-electron chi connectivity index (χ0n) is 14.3. The largest absolute Gasteiger partial charge is 0.384 e. The van der Waals surface area contributed by atoms with Gasteiger partial charge in [-0.3, -0.25) is 4.79 Å². The smallest absolute Gasteiger partial charge is 0.289 e. The van der Waals surface area contributed by atoms with E-state index in [0.717, 1.165) is 24.1 Å². The summed E-state index contributed by atoms with van der Waals surface area (Å²) in [6.07, 6.45) is 2.33. The van der Waals surface area contributed by atoms with E-state index in [-0.39, 0.29) is 19.1 Å². The Kier molecular flexibility index (Phi) is 4.45. The molecule has 7 nitrogen and oxygen atoms in total. The molecule has 2 saturated heterocycles. The van der Waals surface area contributed by atoms with Crippen molar-refractivity contribution in [1.82, 2.24) is 19.8 Å². The fourth-order valence-electron chi connectivity index (χ4n) is 3.75. The molecule has 2 aliphatic rings. The minimum Gasteiger partial charge on any atom is -0.384 e. The van der Waals surface area contributed by atoms with Crippen LogP contribution in [0.1, 0.15) is 23.5 Å². The van der Waals surface area contributed by atoms with Gasteiger partial charge in [-0.1, -0.05) is 12.1 Å². The van der Waals surface area contributed by atoms with Crippen LogP contribution in [0.5, 0.6) is 0 Å². The minimum absolute atomic E-state index is 0.193. The molecule has 0 bridgehead atoms. The number of benzene rings is 1. The van der Waals surface area contributed by atoms with E-state index >= 15 is 0 Å². The van der Waals surface area contributed by atoms with Crippen molar-refractivity contribution in [3.8, 4) is 0 Å². The summed E-state index contributed by atoms with van der Waals surface area (Å²) in [5, 5.41) is 11.0. The number of H-pyrrole nitrogens is 1. The van der Waals surface area contributed by atoms with Crippen LogP contribution < -0.4 is 0 Å². The molecule has 25 heavy (non-hydrogen) atoms. The lowest BCUT2D eigenvalue weighted by Crippen LogP contribution is -2.53. The Morgan fingerprint density at radius 3 is 2.88 bits per heavy atom. The van der Waals surface area contributed by atoms with Crippen molar-refractivity contribution in [1.29, 1.82) is 0 Å². The van der Waals surface area contributed by atoms with E-state index in [1.807, 2.05) is 24.3 Å². The Bertz CT molecular complexity index is 723. The Morgan fingerprint density at radius 2 is 2.08 bits per heavy atom. The minimum atomic E-state index is -1.04. The van der Waals surface area contributed by atoms with Gasteiger partial charge in [0.15, 0.2) is 5.82 Å². The number of fused-ring (bicyclic) bond motifs is 1. The number of carbonyl (C=O) groups excluding carboxylic acids is 1. The normalized spacial score (nSPS) is 25.4. The van der Waals surface area contributed by atoms with Crippen LogP contribution in [0.2, 0.25) is 0 Å². The summed E-state index contributed by atoms with van der Waals surface area (Å²) in [5.41, 5.74) is 0.566. The number of imidazole rings is 1. The third-order valence-corrected chi connectivity index (χ3v) is 4.96. The highest BCUT2D eigenvalue weighted by Crippen LogP contribution is 2.19. The fraction of sp³-hybridized carbons (Fsp3) is 0.556. The summed E-state index contributed by atoms with van der Waals surface area (Å²) in [6.45, 7) is 3.94. The Hall–Kier alpha value is -1.96. The number of nitrogens with one attached hydrogen (secondary N) is 1. The van der Waals surface area contributed by atoms with Gasteiger partial charge < -0.3 is 24.6 Å². The first-order valence-corrected chi connectivity index (χ1v) is 8.90. The number of aromatic nitrogens is 2. The molecule has 0 aliphatic carbocycles. The van der Waals surface area contributed by atoms with Crippen molar-refractivity contribution < 1.29 is 14.6 Å². The van der Waals surface area contributed by atoms with E-state index in [2.05, 4.69) is 14.9 Å². The third-order valence-electron chi connectivity index (χ3n) is 4.96. The van der Waals surface area contributed by atoms with Crippen LogP contribution >= 0.6 is 0 Å². The van der Waals surface area contributed by atoms with Crippen molar-refractivity contribution in [2.45, 2.75) is 18.4 Å². The van der Waals surface area contributed by atoms with Gasteiger partial charge in [0, 0.05) is 13.1 Å². The lowest BCUT2D eigenvalue weighted by atomic mass is 10.0. The number of ether oxygens (including phenoxy) is 1. The monoisotopic (exact) mass is 344 g/mol. The molecule has 1 atom stereocenters. The first kappa shape index (κ1) is 16.5. The first-order chi connectivity index (χ1) is 12.1. The molecule has 2 aromatic rings. The zero-order chi connectivity index (χ0) is 17.3. The van der Waals surface area contributed by atoms with Gasteiger partial charge in [-0.05, 0) is 38.1 Å². The molecule has 1 aromatic carbocycles. The van der Waals surface area contributed by atoms with Crippen molar-refractivity contribution in [3.63, 3.8) is 0 Å². The highest BCUT2D eigenvalue weighted by Gasteiger charge is 2.37. The molecule has 2 N–H and O–H groups in total. The maximum Gasteiger partial charge on any atom is 0.289 e. The number of aromatic amines is 1. The predicted molar refractivity (Wildman–Crippen MR) is 93.4 cm³/mol. The molecule has 4 rings (SSSR count). The maximum atomic E-state index is 12.9. The van der Waals surface area contributed by atoms with Gasteiger partial charge in [-0.2, -0.15) is 0 Å². The van der Waals surface area contributed by atoms with Crippen LogP contribution in [0.4, 0.5) is 0 Å². The summed E-state index contributed by atoms with van der Waals surface area (Å²) in [6, 6.07) is 7.57. The molecule has 0 spiro atoms. The number of hydrogen-bond acceptors (Lipinski definition) is 5. The van der Waals surface area contributed by atoms with E-state index in [1.54, 1.807) is 4.90 Å². The van der Waals surface area contributed by atoms with Gasteiger partial charge in [0.1, 0.15) is 5.60 Å². The van der Waals surface area contributed by atoms with Gasteiger partial charge in [-0.25, -0.2) is 4.98 Å². The van der Waals surface area contributed by atoms with Crippen molar-refractivity contribution in [3.05, 3.63) is 30.1 Å². The first-order valence-electron chi connectivity index (χ1n) is 8.90. The van der Waals surface area contributed by atoms with Crippen LogP contribution in [0.25, 0.3) is 11.0 Å². The van der Waals surface area contributed by atoms with Crippen LogP contribution in [0, 0.1) is 0 Å². The maximum absolute atomic E-state index is 12.9. The van der Waals surface area contributed by atoms with Gasteiger partial charge in [0.25, 0.3) is 5.91 Å². The van der Waals surface area contributed by atoms with E-state index in [4.69, 9.17) is 4.74 Å². The summed E-state index contributed by atoms with van der Waals surface area (Å²) in [7, 11) is 0. The van der Waals surface area contributed by atoms with Crippen molar-refractivity contribution >= 4 is 16.9 Å². The standard InChI is InChI=1S/C18H24N4O3/c23-17(16-19-14-5-1-2-6-15(14)20-16)22-9-10-25-13-18(24,12-22)11-21-7-3-4-8-21/h1-2,5-6,24H,3-4,7-13H2,(H,19,20). The van der Waals surface area contributed by atoms with E-state index in [0.29, 0.717) is 25.5 Å². The van der Waals surface area contributed by atoms with E-state index in [1.165, 1.54) is 12.8 Å². The highest BCUT2D eigenvalue weighted by molar-refractivity contribution is 5.94. The molecule has 0 saturated carbocycles.